The molecule has 21 heavy (non-hydrogen) atoms. The summed E-state index contributed by atoms with van der Waals surface area (Å²) < 4.78 is 6.94. The quantitative estimate of drug-likeness (QED) is 0.870. The van der Waals surface area contributed by atoms with Crippen molar-refractivity contribution in [3.63, 3.8) is 0 Å². The summed E-state index contributed by atoms with van der Waals surface area (Å²) in [5.41, 5.74) is 6.08. The maximum Gasteiger partial charge on any atom is 0.280 e. The van der Waals surface area contributed by atoms with Crippen molar-refractivity contribution in [3.05, 3.63) is 12.0 Å². The van der Waals surface area contributed by atoms with E-state index in [2.05, 4.69) is 20.5 Å². The summed E-state index contributed by atoms with van der Waals surface area (Å²) in [4.78, 5) is 4.39. The van der Waals surface area contributed by atoms with Gasteiger partial charge in [-0.1, -0.05) is 29.6 Å². The lowest BCUT2D eigenvalue weighted by Crippen LogP contribution is -2.10. The molecule has 0 saturated heterocycles. The molecule has 2 aromatic heterocycles. The van der Waals surface area contributed by atoms with Gasteiger partial charge in [-0.05, 0) is 12.8 Å². The van der Waals surface area contributed by atoms with E-state index in [0.29, 0.717) is 24.7 Å². The summed E-state index contributed by atoms with van der Waals surface area (Å²) in [6, 6.07) is 0. The molecule has 1 saturated carbocycles. The minimum atomic E-state index is 0.428. The zero-order chi connectivity index (χ0) is 14.5. The molecule has 1 fully saturated rings. The molecule has 2 aromatic rings. The molecule has 8 heteroatoms. The fourth-order valence-electron chi connectivity index (χ4n) is 2.48. The molecule has 2 N–H and O–H groups in total. The Morgan fingerprint density at radius 2 is 2.19 bits per heavy atom. The average molecular weight is 308 g/mol. The molecule has 0 aliphatic heterocycles. The zero-order valence-corrected chi connectivity index (χ0v) is 12.8. The second kappa shape index (κ2) is 7.04. The summed E-state index contributed by atoms with van der Waals surface area (Å²) in [5, 5.41) is 12.8. The van der Waals surface area contributed by atoms with Gasteiger partial charge in [-0.15, -0.1) is 5.10 Å². The second-order valence-electron chi connectivity index (χ2n) is 5.24. The molecule has 3 rings (SSSR count). The summed E-state index contributed by atoms with van der Waals surface area (Å²) in [6.07, 6.45) is 8.46. The second-order valence-corrected chi connectivity index (χ2v) is 6.53. The molecule has 7 nitrogen and oxygen atoms in total. The number of aromatic nitrogens is 5. The lowest BCUT2D eigenvalue weighted by molar-refractivity contribution is 0.423. The first-order chi connectivity index (χ1) is 10.3. The van der Waals surface area contributed by atoms with Crippen LogP contribution in [0.15, 0.2) is 10.7 Å². The predicted molar refractivity (Wildman–Crippen MR) is 80.5 cm³/mol. The van der Waals surface area contributed by atoms with E-state index in [-0.39, 0.29) is 0 Å². The Morgan fingerprint density at radius 3 is 3.00 bits per heavy atom. The first kappa shape index (κ1) is 14.5. The highest BCUT2D eigenvalue weighted by Gasteiger charge is 2.17. The third kappa shape index (κ3) is 3.82. The van der Waals surface area contributed by atoms with Crippen LogP contribution in [-0.4, -0.2) is 36.9 Å². The standard InChI is InChI=1S/C13H20N6OS/c14-6-7-19-8-11(16-18-19)13-15-12(17-20-13)9-21-10-4-2-1-3-5-10/h8,10H,1-7,9,14H2. The van der Waals surface area contributed by atoms with Crippen molar-refractivity contribution in [2.75, 3.05) is 6.54 Å². The van der Waals surface area contributed by atoms with E-state index in [9.17, 15) is 0 Å². The largest absolute Gasteiger partial charge is 0.332 e. The van der Waals surface area contributed by atoms with Gasteiger partial charge in [-0.3, -0.25) is 4.68 Å². The van der Waals surface area contributed by atoms with Gasteiger partial charge in [0.15, 0.2) is 11.5 Å². The van der Waals surface area contributed by atoms with Gasteiger partial charge < -0.3 is 10.3 Å². The Hall–Kier alpha value is -1.41. The van der Waals surface area contributed by atoms with Gasteiger partial charge in [0.1, 0.15) is 0 Å². The number of hydrogen-bond acceptors (Lipinski definition) is 7. The maximum absolute atomic E-state index is 5.48. The summed E-state index contributed by atoms with van der Waals surface area (Å²) in [7, 11) is 0. The van der Waals surface area contributed by atoms with Crippen molar-refractivity contribution in [1.29, 1.82) is 0 Å². The van der Waals surface area contributed by atoms with Crippen LogP contribution in [0.4, 0.5) is 0 Å². The number of hydrogen-bond donors (Lipinski definition) is 1. The molecule has 0 amide bonds. The van der Waals surface area contributed by atoms with Gasteiger partial charge in [0.05, 0.1) is 18.5 Å². The molecule has 1 aliphatic carbocycles. The molecule has 114 valence electrons. The Bertz CT molecular complexity index is 563. The van der Waals surface area contributed by atoms with E-state index < -0.39 is 0 Å². The monoisotopic (exact) mass is 308 g/mol. The highest BCUT2D eigenvalue weighted by atomic mass is 32.2. The van der Waals surface area contributed by atoms with Gasteiger partial charge in [-0.2, -0.15) is 16.7 Å². The minimum Gasteiger partial charge on any atom is -0.332 e. The van der Waals surface area contributed by atoms with Crippen molar-refractivity contribution < 1.29 is 4.52 Å². The Kier molecular flexibility index (Phi) is 4.87. The fraction of sp³-hybridized carbons (Fsp3) is 0.692. The highest BCUT2D eigenvalue weighted by molar-refractivity contribution is 7.99. The lowest BCUT2D eigenvalue weighted by atomic mass is 10.0. The first-order valence-electron chi connectivity index (χ1n) is 7.40. The van der Waals surface area contributed by atoms with E-state index in [4.69, 9.17) is 10.3 Å². The summed E-state index contributed by atoms with van der Waals surface area (Å²) >= 11 is 1.93. The smallest absolute Gasteiger partial charge is 0.280 e. The molecule has 0 aromatic carbocycles. The van der Waals surface area contributed by atoms with Crippen LogP contribution in [0.2, 0.25) is 0 Å². The Labute approximate surface area is 127 Å². The van der Waals surface area contributed by atoms with Gasteiger partial charge in [0.25, 0.3) is 5.89 Å². The molecular weight excluding hydrogens is 288 g/mol. The minimum absolute atomic E-state index is 0.428. The molecule has 2 heterocycles. The Morgan fingerprint density at radius 1 is 1.33 bits per heavy atom. The maximum atomic E-state index is 5.48. The van der Waals surface area contributed by atoms with Crippen molar-refractivity contribution in [3.8, 4) is 11.6 Å². The van der Waals surface area contributed by atoms with Crippen molar-refractivity contribution in [2.24, 2.45) is 5.73 Å². The molecule has 0 atom stereocenters. The third-order valence-electron chi connectivity index (χ3n) is 3.58. The van der Waals surface area contributed by atoms with E-state index >= 15 is 0 Å². The van der Waals surface area contributed by atoms with Gasteiger partial charge in [-0.25, -0.2) is 0 Å². The van der Waals surface area contributed by atoms with Crippen LogP contribution in [0.25, 0.3) is 11.6 Å². The van der Waals surface area contributed by atoms with E-state index in [1.807, 2.05) is 11.8 Å². The number of nitrogens with zero attached hydrogens (tertiary/aromatic N) is 5. The number of thioether (sulfide) groups is 1. The molecular formula is C13H20N6OS. The van der Waals surface area contributed by atoms with Crippen LogP contribution in [0.3, 0.4) is 0 Å². The van der Waals surface area contributed by atoms with E-state index in [0.717, 1.165) is 16.8 Å². The van der Waals surface area contributed by atoms with Crippen LogP contribution in [0.5, 0.6) is 0 Å². The van der Waals surface area contributed by atoms with Crippen LogP contribution >= 0.6 is 11.8 Å². The lowest BCUT2D eigenvalue weighted by Gasteiger charge is -2.19. The van der Waals surface area contributed by atoms with Crippen LogP contribution in [0.1, 0.15) is 37.9 Å². The van der Waals surface area contributed by atoms with Crippen LogP contribution < -0.4 is 5.73 Å². The zero-order valence-electron chi connectivity index (χ0n) is 11.9. The number of nitrogens with two attached hydrogens (primary N) is 1. The average Bonchev–Trinajstić information content (AvgIpc) is 3.15. The van der Waals surface area contributed by atoms with E-state index in [1.54, 1.807) is 10.9 Å². The van der Waals surface area contributed by atoms with Gasteiger partial charge in [0.2, 0.25) is 0 Å². The molecule has 0 bridgehead atoms. The molecule has 0 spiro atoms. The molecule has 0 unspecified atom stereocenters. The van der Waals surface area contributed by atoms with Gasteiger partial charge >= 0.3 is 0 Å². The van der Waals surface area contributed by atoms with Crippen LogP contribution in [0, 0.1) is 0 Å². The Balaban J connectivity index is 1.57. The molecule has 1 aliphatic rings. The van der Waals surface area contributed by atoms with E-state index in [1.165, 1.54) is 32.1 Å². The predicted octanol–water partition coefficient (Wildman–Crippen LogP) is 1.85. The topological polar surface area (TPSA) is 95.7 Å². The van der Waals surface area contributed by atoms with Crippen molar-refractivity contribution in [2.45, 2.75) is 49.7 Å². The summed E-state index contributed by atoms with van der Waals surface area (Å²) in [6.45, 7) is 1.15. The van der Waals surface area contributed by atoms with Gasteiger partial charge in [0, 0.05) is 11.8 Å². The van der Waals surface area contributed by atoms with Crippen molar-refractivity contribution >= 4 is 11.8 Å². The highest BCUT2D eigenvalue weighted by Crippen LogP contribution is 2.30. The normalized spacial score (nSPS) is 16.4. The third-order valence-corrected chi connectivity index (χ3v) is 4.95. The van der Waals surface area contributed by atoms with Crippen LogP contribution in [-0.2, 0) is 12.3 Å². The fourth-order valence-corrected chi connectivity index (χ4v) is 3.65. The molecule has 0 radical (unpaired) electrons. The SMILES string of the molecule is NCCn1cc(-c2nc(CSC3CCCCC3)no2)nn1. The first-order valence-corrected chi connectivity index (χ1v) is 8.45. The number of rotatable bonds is 6. The van der Waals surface area contributed by atoms with Crippen molar-refractivity contribution in [1.82, 2.24) is 25.1 Å². The summed E-state index contributed by atoms with van der Waals surface area (Å²) in [5.74, 6) is 1.96.